The minimum absolute atomic E-state index is 0.0873. The first-order chi connectivity index (χ1) is 22.0. The number of pyridine rings is 1. The van der Waals surface area contributed by atoms with Crippen molar-refractivity contribution in [1.82, 2.24) is 15.0 Å². The minimum Gasteiger partial charge on any atom is -0.264 e. The van der Waals surface area contributed by atoms with Crippen molar-refractivity contribution in [3.05, 3.63) is 163 Å². The maximum absolute atomic E-state index is 5.17. The Kier molecular flexibility index (Phi) is 6.46. The van der Waals surface area contributed by atoms with Gasteiger partial charge in [-0.15, -0.1) is 0 Å². The van der Waals surface area contributed by atoms with Crippen LogP contribution in [0.4, 0.5) is 0 Å². The largest absolute Gasteiger partial charge is 0.264 e. The molecule has 0 spiro atoms. The lowest BCUT2D eigenvalue weighted by molar-refractivity contribution is 0.660. The Balaban J connectivity index is 1.24. The van der Waals surface area contributed by atoms with Crippen LogP contribution in [0, 0.1) is 0 Å². The first-order valence-corrected chi connectivity index (χ1v) is 15.4. The molecule has 0 bridgehead atoms. The van der Waals surface area contributed by atoms with Crippen LogP contribution in [-0.2, 0) is 5.41 Å². The van der Waals surface area contributed by atoms with Crippen molar-refractivity contribution in [3.8, 4) is 67.3 Å². The lowest BCUT2D eigenvalue weighted by atomic mass is 9.82. The number of nitrogens with zero attached hydrogens (tertiary/aromatic N) is 3. The molecule has 1 aliphatic carbocycles. The number of fused-ring (bicyclic) bond motifs is 3. The van der Waals surface area contributed by atoms with E-state index >= 15 is 0 Å². The highest BCUT2D eigenvalue weighted by molar-refractivity contribution is 5.84. The molecule has 0 atom stereocenters. The van der Waals surface area contributed by atoms with Crippen LogP contribution in [-0.4, -0.2) is 15.0 Å². The summed E-state index contributed by atoms with van der Waals surface area (Å²) < 4.78 is 0. The summed E-state index contributed by atoms with van der Waals surface area (Å²) >= 11 is 0. The Hall–Kier alpha value is -5.67. The zero-order valence-corrected chi connectivity index (χ0v) is 25.3. The molecule has 1 aliphatic rings. The van der Waals surface area contributed by atoms with Crippen molar-refractivity contribution in [2.45, 2.75) is 19.3 Å². The van der Waals surface area contributed by atoms with Crippen LogP contribution in [0.3, 0.4) is 0 Å². The zero-order chi connectivity index (χ0) is 30.4. The number of benzene rings is 5. The molecule has 0 N–H and O–H groups in total. The highest BCUT2D eigenvalue weighted by atomic mass is 14.9. The summed E-state index contributed by atoms with van der Waals surface area (Å²) in [5, 5.41) is 0. The van der Waals surface area contributed by atoms with E-state index < -0.39 is 0 Å². The van der Waals surface area contributed by atoms with E-state index in [0.29, 0.717) is 5.82 Å². The molecule has 0 aliphatic heterocycles. The maximum atomic E-state index is 5.17. The average Bonchev–Trinajstić information content (AvgIpc) is 3.34. The smallest absolute Gasteiger partial charge is 0.160 e. The Morgan fingerprint density at radius 1 is 0.422 bits per heavy atom. The van der Waals surface area contributed by atoms with Gasteiger partial charge in [0, 0.05) is 34.5 Å². The van der Waals surface area contributed by atoms with Crippen molar-refractivity contribution in [2.75, 3.05) is 0 Å². The standard InChI is InChI=1S/C42H31N3/c1-42(2)37-13-7-6-12-35(37)36-23-22-33(25-38(36)42)40-26-39(31-18-14-30(15-19-31)34-11-8-24-43-27-34)44-41(45-40)32-20-16-29(17-21-32)28-9-4-3-5-10-28/h3-27H,1-2H3. The molecule has 3 heteroatoms. The molecule has 0 saturated heterocycles. The third kappa shape index (κ3) is 4.83. The fourth-order valence-corrected chi connectivity index (χ4v) is 6.55. The molecule has 0 unspecified atom stereocenters. The molecule has 0 amide bonds. The topological polar surface area (TPSA) is 38.7 Å². The highest BCUT2D eigenvalue weighted by Gasteiger charge is 2.35. The molecule has 8 rings (SSSR count). The fourth-order valence-electron chi connectivity index (χ4n) is 6.55. The number of aromatic nitrogens is 3. The van der Waals surface area contributed by atoms with Gasteiger partial charge in [0.1, 0.15) is 0 Å². The first kappa shape index (κ1) is 26.9. The third-order valence-electron chi connectivity index (χ3n) is 9.03. The van der Waals surface area contributed by atoms with Crippen molar-refractivity contribution < 1.29 is 0 Å². The molecule has 2 heterocycles. The molecule has 0 fully saturated rings. The van der Waals surface area contributed by atoms with Gasteiger partial charge in [0.25, 0.3) is 0 Å². The van der Waals surface area contributed by atoms with Crippen LogP contribution in [0.5, 0.6) is 0 Å². The van der Waals surface area contributed by atoms with E-state index in [-0.39, 0.29) is 5.41 Å². The molecule has 5 aromatic carbocycles. The quantitative estimate of drug-likeness (QED) is 0.204. The van der Waals surface area contributed by atoms with E-state index in [0.717, 1.165) is 39.2 Å². The highest BCUT2D eigenvalue weighted by Crippen LogP contribution is 2.49. The van der Waals surface area contributed by atoms with Gasteiger partial charge in [0.15, 0.2) is 5.82 Å². The maximum Gasteiger partial charge on any atom is 0.160 e. The van der Waals surface area contributed by atoms with Crippen molar-refractivity contribution in [1.29, 1.82) is 0 Å². The van der Waals surface area contributed by atoms with Crippen LogP contribution >= 0.6 is 0 Å². The molecule has 0 saturated carbocycles. The van der Waals surface area contributed by atoms with Gasteiger partial charge in [-0.05, 0) is 62.7 Å². The van der Waals surface area contributed by atoms with Gasteiger partial charge >= 0.3 is 0 Å². The normalized spacial score (nSPS) is 12.8. The average molecular weight is 578 g/mol. The Morgan fingerprint density at radius 3 is 1.71 bits per heavy atom. The predicted octanol–water partition coefficient (Wildman–Crippen LogP) is 10.5. The summed E-state index contributed by atoms with van der Waals surface area (Å²) in [5.74, 6) is 0.710. The van der Waals surface area contributed by atoms with E-state index in [2.05, 4.69) is 146 Å². The van der Waals surface area contributed by atoms with Crippen LogP contribution in [0.25, 0.3) is 67.3 Å². The molecule has 7 aromatic rings. The first-order valence-electron chi connectivity index (χ1n) is 15.4. The fraction of sp³-hybridized carbons (Fsp3) is 0.0714. The second-order valence-electron chi connectivity index (χ2n) is 12.2. The number of hydrogen-bond donors (Lipinski definition) is 0. The summed E-state index contributed by atoms with van der Waals surface area (Å²) in [5.41, 5.74) is 14.7. The summed E-state index contributed by atoms with van der Waals surface area (Å²) in [6.07, 6.45) is 3.69. The van der Waals surface area contributed by atoms with Gasteiger partial charge in [-0.2, -0.15) is 0 Å². The van der Waals surface area contributed by atoms with Crippen LogP contribution in [0.15, 0.2) is 152 Å². The van der Waals surface area contributed by atoms with Crippen molar-refractivity contribution in [3.63, 3.8) is 0 Å². The second kappa shape index (κ2) is 10.8. The molecule has 2 aromatic heterocycles. The van der Waals surface area contributed by atoms with Crippen LogP contribution < -0.4 is 0 Å². The molecule has 214 valence electrons. The van der Waals surface area contributed by atoms with Gasteiger partial charge in [-0.3, -0.25) is 4.98 Å². The van der Waals surface area contributed by atoms with E-state index in [1.165, 1.54) is 33.4 Å². The van der Waals surface area contributed by atoms with Crippen LogP contribution in [0.2, 0.25) is 0 Å². The van der Waals surface area contributed by atoms with Crippen molar-refractivity contribution >= 4 is 0 Å². The van der Waals surface area contributed by atoms with Crippen molar-refractivity contribution in [2.24, 2.45) is 0 Å². The summed E-state index contributed by atoms with van der Waals surface area (Å²) in [6, 6.07) is 49.3. The van der Waals surface area contributed by atoms with E-state index in [1.807, 2.05) is 18.3 Å². The lowest BCUT2D eigenvalue weighted by Crippen LogP contribution is -2.14. The Bertz CT molecular complexity index is 2050. The van der Waals surface area contributed by atoms with Gasteiger partial charge < -0.3 is 0 Å². The molecule has 45 heavy (non-hydrogen) atoms. The number of hydrogen-bond acceptors (Lipinski definition) is 3. The van der Waals surface area contributed by atoms with E-state index in [4.69, 9.17) is 9.97 Å². The molecule has 0 radical (unpaired) electrons. The van der Waals surface area contributed by atoms with Gasteiger partial charge in [-0.25, -0.2) is 9.97 Å². The minimum atomic E-state index is -0.0873. The van der Waals surface area contributed by atoms with Gasteiger partial charge in [0.05, 0.1) is 11.4 Å². The van der Waals surface area contributed by atoms with Crippen LogP contribution in [0.1, 0.15) is 25.0 Å². The van der Waals surface area contributed by atoms with E-state index in [9.17, 15) is 0 Å². The Labute approximate surface area is 264 Å². The summed E-state index contributed by atoms with van der Waals surface area (Å²) in [7, 11) is 0. The lowest BCUT2D eigenvalue weighted by Gasteiger charge is -2.22. The third-order valence-corrected chi connectivity index (χ3v) is 9.03. The molecular formula is C42H31N3. The molecular weight excluding hydrogens is 546 g/mol. The summed E-state index contributed by atoms with van der Waals surface area (Å²) in [6.45, 7) is 4.63. The predicted molar refractivity (Wildman–Crippen MR) is 185 cm³/mol. The SMILES string of the molecule is CC1(C)c2ccccc2-c2ccc(-c3cc(-c4ccc(-c5cccnc5)cc4)nc(-c4ccc(-c5ccccc5)cc4)n3)cc21. The van der Waals surface area contributed by atoms with E-state index in [1.54, 1.807) is 6.20 Å². The van der Waals surface area contributed by atoms with Gasteiger partial charge in [0.2, 0.25) is 0 Å². The zero-order valence-electron chi connectivity index (χ0n) is 25.3. The summed E-state index contributed by atoms with van der Waals surface area (Å²) in [4.78, 5) is 14.6. The Morgan fingerprint density at radius 2 is 0.978 bits per heavy atom. The second-order valence-corrected chi connectivity index (χ2v) is 12.2. The van der Waals surface area contributed by atoms with Gasteiger partial charge in [-0.1, -0.05) is 135 Å². The number of rotatable bonds is 5. The molecule has 3 nitrogen and oxygen atoms in total. The monoisotopic (exact) mass is 577 g/mol.